The number of aliphatic hydroxyl groups is 2. The summed E-state index contributed by atoms with van der Waals surface area (Å²) in [5, 5.41) is 31.8. The lowest BCUT2D eigenvalue weighted by atomic mass is 9.68. The number of ketones is 3. The molecule has 1 saturated carbocycles. The number of allylic oxidation sites excluding steroid dienone is 1. The molecule has 0 saturated heterocycles. The molecular formula is C21H16O8. The molecule has 148 valence electrons. The summed E-state index contributed by atoms with van der Waals surface area (Å²) in [5.41, 5.74) is -3.25. The second-order valence-corrected chi connectivity index (χ2v) is 8.01. The summed E-state index contributed by atoms with van der Waals surface area (Å²) in [6, 6.07) is 3.00. The van der Waals surface area contributed by atoms with Crippen molar-refractivity contribution in [3.05, 3.63) is 52.2 Å². The van der Waals surface area contributed by atoms with Gasteiger partial charge in [0.25, 0.3) is 5.78 Å². The van der Waals surface area contributed by atoms with E-state index in [9.17, 15) is 29.7 Å². The number of Topliss-reactive ketones (excluding diaryl/α,β-unsaturated/α-hetero) is 2. The Balaban J connectivity index is 1.80. The molecule has 5 rings (SSSR count). The number of phenols is 1. The first kappa shape index (κ1) is 17.7. The zero-order chi connectivity index (χ0) is 21.0. The van der Waals surface area contributed by atoms with Crippen LogP contribution in [-0.4, -0.2) is 38.3 Å². The van der Waals surface area contributed by atoms with Crippen molar-refractivity contribution in [2.45, 2.75) is 26.4 Å². The minimum atomic E-state index is -2.43. The van der Waals surface area contributed by atoms with Gasteiger partial charge in [-0.3, -0.25) is 14.4 Å². The fourth-order valence-corrected chi connectivity index (χ4v) is 5.07. The van der Waals surface area contributed by atoms with Crippen LogP contribution >= 0.6 is 0 Å². The van der Waals surface area contributed by atoms with E-state index >= 15 is 0 Å². The van der Waals surface area contributed by atoms with Crippen LogP contribution in [0.5, 0.6) is 17.2 Å². The van der Waals surface area contributed by atoms with Crippen molar-refractivity contribution in [2.24, 2.45) is 11.3 Å². The Hall–Kier alpha value is -3.39. The van der Waals surface area contributed by atoms with Crippen molar-refractivity contribution < 1.29 is 39.2 Å². The smallest absolute Gasteiger partial charge is 0.266 e. The molecule has 8 nitrogen and oxygen atoms in total. The lowest BCUT2D eigenvalue weighted by Gasteiger charge is -2.40. The van der Waals surface area contributed by atoms with Crippen LogP contribution in [0.4, 0.5) is 0 Å². The molecule has 0 amide bonds. The van der Waals surface area contributed by atoms with Crippen LogP contribution in [0, 0.1) is 18.3 Å². The van der Waals surface area contributed by atoms with Crippen molar-refractivity contribution in [3.63, 3.8) is 0 Å². The first-order valence-electron chi connectivity index (χ1n) is 8.95. The molecule has 1 heterocycles. The number of benzene rings is 1. The van der Waals surface area contributed by atoms with Gasteiger partial charge < -0.3 is 24.8 Å². The maximum absolute atomic E-state index is 13.1. The molecule has 1 aliphatic heterocycles. The summed E-state index contributed by atoms with van der Waals surface area (Å²) < 4.78 is 11.6. The second-order valence-electron chi connectivity index (χ2n) is 8.01. The largest absolute Gasteiger partial charge is 0.504 e. The third kappa shape index (κ3) is 1.76. The van der Waals surface area contributed by atoms with Crippen LogP contribution in [0.3, 0.4) is 0 Å². The summed E-state index contributed by atoms with van der Waals surface area (Å²) in [7, 11) is 0. The molecule has 0 bridgehead atoms. The molecule has 1 aromatic rings. The van der Waals surface area contributed by atoms with Gasteiger partial charge in [-0.25, -0.2) is 0 Å². The van der Waals surface area contributed by atoms with Crippen LogP contribution in [-0.2, 0) is 14.4 Å². The van der Waals surface area contributed by atoms with Crippen LogP contribution < -0.4 is 9.47 Å². The lowest BCUT2D eigenvalue weighted by Crippen LogP contribution is -2.47. The molecule has 3 N–H and O–H groups in total. The second kappa shape index (κ2) is 4.96. The van der Waals surface area contributed by atoms with Crippen LogP contribution in [0.1, 0.15) is 19.4 Å². The number of aromatic hydroxyl groups is 1. The predicted octanol–water partition coefficient (Wildman–Crippen LogP) is 1.54. The number of hydrogen-bond acceptors (Lipinski definition) is 8. The molecule has 3 atom stereocenters. The van der Waals surface area contributed by atoms with Gasteiger partial charge in [-0.2, -0.15) is 0 Å². The molecule has 0 spiro atoms. The minimum Gasteiger partial charge on any atom is -0.504 e. The molecule has 8 heteroatoms. The number of phenolic OH excluding ortho intramolecular Hbond substituents is 1. The van der Waals surface area contributed by atoms with E-state index in [1.54, 1.807) is 19.9 Å². The molecular weight excluding hydrogens is 380 g/mol. The lowest BCUT2D eigenvalue weighted by molar-refractivity contribution is -0.145. The third-order valence-corrected chi connectivity index (χ3v) is 6.21. The van der Waals surface area contributed by atoms with E-state index in [1.165, 1.54) is 19.1 Å². The Morgan fingerprint density at radius 3 is 2.45 bits per heavy atom. The molecule has 1 aromatic carbocycles. The Labute approximate surface area is 164 Å². The molecule has 3 aliphatic carbocycles. The molecule has 29 heavy (non-hydrogen) atoms. The van der Waals surface area contributed by atoms with E-state index in [-0.39, 0.29) is 28.6 Å². The van der Waals surface area contributed by atoms with Crippen molar-refractivity contribution >= 4 is 17.3 Å². The number of carbonyl (C=O) groups is 3. The average Bonchev–Trinajstić information content (AvgIpc) is 2.99. The van der Waals surface area contributed by atoms with E-state index in [4.69, 9.17) is 9.47 Å². The molecule has 0 aromatic heterocycles. The van der Waals surface area contributed by atoms with E-state index in [0.717, 1.165) is 0 Å². The quantitative estimate of drug-likeness (QED) is 0.563. The summed E-state index contributed by atoms with van der Waals surface area (Å²) in [4.78, 5) is 38.3. The van der Waals surface area contributed by atoms with Gasteiger partial charge in [0, 0.05) is 5.92 Å². The number of fused-ring (bicyclic) bond motifs is 5. The highest BCUT2D eigenvalue weighted by atomic mass is 16.6. The summed E-state index contributed by atoms with van der Waals surface area (Å²) in [5.74, 6) is -5.57. The van der Waals surface area contributed by atoms with Gasteiger partial charge in [0.15, 0.2) is 34.4 Å². The number of hydrogen-bond donors (Lipinski definition) is 3. The standard InChI is InChI=1S/C21H16O8/c1-7-4-9(22)15-10(5-7)28-19-16(29-15)14(25)13(24)12-18(26)21(27)11(23)6-8(2)17(21)20(12,19)3/h4-6,17,22,24,27H,1-3H3. The Bertz CT molecular complexity index is 1180. The predicted molar refractivity (Wildman–Crippen MR) is 96.1 cm³/mol. The fraction of sp³-hybridized carbons (Fsp3) is 0.286. The highest BCUT2D eigenvalue weighted by Crippen LogP contribution is 2.64. The first-order valence-corrected chi connectivity index (χ1v) is 8.95. The zero-order valence-electron chi connectivity index (χ0n) is 15.7. The SMILES string of the molecule is CC1=CC(=O)C2(O)C(=O)C3=C(O)C(=O)C4=C(Oc5cc(C)cc(O)c5O4)C3(C)C12. The van der Waals surface area contributed by atoms with E-state index in [1.807, 2.05) is 0 Å². The molecule has 1 fully saturated rings. The van der Waals surface area contributed by atoms with Crippen LogP contribution in [0.2, 0.25) is 0 Å². The average molecular weight is 396 g/mol. The van der Waals surface area contributed by atoms with Gasteiger partial charge in [-0.05, 0) is 44.5 Å². The maximum atomic E-state index is 13.1. The van der Waals surface area contributed by atoms with Crippen molar-refractivity contribution in [2.75, 3.05) is 0 Å². The Morgan fingerprint density at radius 1 is 1.07 bits per heavy atom. The molecule has 3 unspecified atom stereocenters. The minimum absolute atomic E-state index is 0.0930. The first-order chi connectivity index (χ1) is 13.5. The van der Waals surface area contributed by atoms with Crippen molar-refractivity contribution in [3.8, 4) is 17.2 Å². The number of aryl methyl sites for hydroxylation is 1. The Morgan fingerprint density at radius 2 is 1.76 bits per heavy atom. The van der Waals surface area contributed by atoms with Crippen LogP contribution in [0.25, 0.3) is 0 Å². The topological polar surface area (TPSA) is 130 Å². The van der Waals surface area contributed by atoms with Crippen molar-refractivity contribution in [1.82, 2.24) is 0 Å². The van der Waals surface area contributed by atoms with Gasteiger partial charge in [-0.1, -0.05) is 5.57 Å². The number of ether oxygens (including phenoxy) is 2. The summed E-state index contributed by atoms with van der Waals surface area (Å²) in [6.45, 7) is 4.82. The van der Waals surface area contributed by atoms with E-state index in [0.29, 0.717) is 11.1 Å². The highest BCUT2D eigenvalue weighted by molar-refractivity contribution is 6.29. The molecule has 0 radical (unpaired) electrons. The third-order valence-electron chi connectivity index (χ3n) is 6.21. The normalized spacial score (nSPS) is 32.3. The van der Waals surface area contributed by atoms with Gasteiger partial charge >= 0.3 is 0 Å². The number of aliphatic hydroxyl groups excluding tert-OH is 1. The molecule has 4 aliphatic rings. The van der Waals surface area contributed by atoms with Gasteiger partial charge in [-0.15, -0.1) is 0 Å². The Kier molecular flexibility index (Phi) is 3.02. The van der Waals surface area contributed by atoms with E-state index in [2.05, 4.69) is 0 Å². The summed E-state index contributed by atoms with van der Waals surface area (Å²) >= 11 is 0. The number of carbonyl (C=O) groups excluding carboxylic acids is 3. The fourth-order valence-electron chi connectivity index (χ4n) is 5.07. The van der Waals surface area contributed by atoms with Gasteiger partial charge in [0.1, 0.15) is 0 Å². The van der Waals surface area contributed by atoms with Crippen LogP contribution in [0.15, 0.2) is 46.6 Å². The summed E-state index contributed by atoms with van der Waals surface area (Å²) in [6.07, 6.45) is 1.19. The maximum Gasteiger partial charge on any atom is 0.266 e. The highest BCUT2D eigenvalue weighted by Gasteiger charge is 2.73. The number of rotatable bonds is 0. The van der Waals surface area contributed by atoms with Gasteiger partial charge in [0.05, 0.1) is 11.0 Å². The monoisotopic (exact) mass is 396 g/mol. The zero-order valence-corrected chi connectivity index (χ0v) is 15.7. The van der Waals surface area contributed by atoms with Gasteiger partial charge in [0.2, 0.25) is 17.3 Å². The van der Waals surface area contributed by atoms with E-state index < -0.39 is 45.8 Å². The van der Waals surface area contributed by atoms with Crippen molar-refractivity contribution in [1.29, 1.82) is 0 Å².